The highest BCUT2D eigenvalue weighted by Crippen LogP contribution is 2.24. The SMILES string of the molecule is Cc1occc1C(=O)Oc1ccccc1Cl. The molecule has 1 aromatic carbocycles. The van der Waals surface area contributed by atoms with Crippen molar-refractivity contribution in [3.63, 3.8) is 0 Å². The number of ether oxygens (including phenoxy) is 1. The second-order valence-electron chi connectivity index (χ2n) is 3.21. The number of carbonyl (C=O) groups is 1. The number of esters is 1. The Morgan fingerprint density at radius 1 is 1.31 bits per heavy atom. The molecule has 0 aliphatic carbocycles. The zero-order valence-corrected chi connectivity index (χ0v) is 9.32. The minimum absolute atomic E-state index is 0.342. The molecule has 0 amide bonds. The molecule has 82 valence electrons. The monoisotopic (exact) mass is 236 g/mol. The molecular formula is C12H9ClO3. The van der Waals surface area contributed by atoms with Gasteiger partial charge >= 0.3 is 5.97 Å². The first-order chi connectivity index (χ1) is 7.68. The molecule has 2 aromatic rings. The third kappa shape index (κ3) is 2.09. The molecule has 0 radical (unpaired) electrons. The van der Waals surface area contributed by atoms with Crippen molar-refractivity contribution < 1.29 is 13.9 Å². The maximum absolute atomic E-state index is 11.7. The van der Waals surface area contributed by atoms with Crippen molar-refractivity contribution >= 4 is 17.6 Å². The summed E-state index contributed by atoms with van der Waals surface area (Å²) in [5.41, 5.74) is 0.403. The molecule has 0 unspecified atom stereocenters. The number of benzene rings is 1. The highest BCUT2D eigenvalue weighted by Gasteiger charge is 2.14. The van der Waals surface area contributed by atoms with Gasteiger partial charge in [0.25, 0.3) is 0 Å². The Morgan fingerprint density at radius 2 is 2.06 bits per heavy atom. The van der Waals surface area contributed by atoms with Gasteiger partial charge in [-0.05, 0) is 25.1 Å². The van der Waals surface area contributed by atoms with E-state index in [4.69, 9.17) is 20.8 Å². The molecular weight excluding hydrogens is 228 g/mol. The van der Waals surface area contributed by atoms with Gasteiger partial charge in [0.05, 0.1) is 11.3 Å². The van der Waals surface area contributed by atoms with Gasteiger partial charge < -0.3 is 9.15 Å². The molecule has 0 fully saturated rings. The predicted octanol–water partition coefficient (Wildman–Crippen LogP) is 3.46. The summed E-state index contributed by atoms with van der Waals surface area (Å²) in [7, 11) is 0. The predicted molar refractivity (Wildman–Crippen MR) is 59.9 cm³/mol. The number of furan rings is 1. The standard InChI is InChI=1S/C12H9ClO3/c1-8-9(6-7-15-8)12(14)16-11-5-3-2-4-10(11)13/h2-7H,1H3. The molecule has 0 saturated heterocycles. The normalized spacial score (nSPS) is 10.1. The van der Waals surface area contributed by atoms with Gasteiger partial charge in [-0.25, -0.2) is 4.79 Å². The Balaban J connectivity index is 2.21. The molecule has 0 N–H and O–H groups in total. The molecule has 0 spiro atoms. The Bertz CT molecular complexity index is 516. The van der Waals surface area contributed by atoms with Crippen LogP contribution in [0.15, 0.2) is 41.0 Å². The lowest BCUT2D eigenvalue weighted by Gasteiger charge is -2.04. The van der Waals surface area contributed by atoms with Crippen LogP contribution in [-0.4, -0.2) is 5.97 Å². The van der Waals surface area contributed by atoms with Gasteiger partial charge in [0, 0.05) is 0 Å². The Kier molecular flexibility index (Phi) is 2.97. The van der Waals surface area contributed by atoms with E-state index in [1.165, 1.54) is 6.26 Å². The van der Waals surface area contributed by atoms with Crippen LogP contribution < -0.4 is 4.74 Å². The molecule has 2 rings (SSSR count). The maximum atomic E-state index is 11.7. The van der Waals surface area contributed by atoms with Gasteiger partial charge in [0.1, 0.15) is 17.1 Å². The van der Waals surface area contributed by atoms with Gasteiger partial charge in [-0.15, -0.1) is 0 Å². The fraction of sp³-hybridized carbons (Fsp3) is 0.0833. The van der Waals surface area contributed by atoms with Crippen molar-refractivity contribution in [2.24, 2.45) is 0 Å². The molecule has 16 heavy (non-hydrogen) atoms. The zero-order valence-electron chi connectivity index (χ0n) is 8.57. The molecule has 1 heterocycles. The third-order valence-corrected chi connectivity index (χ3v) is 2.43. The van der Waals surface area contributed by atoms with Crippen molar-refractivity contribution in [3.05, 3.63) is 52.9 Å². The van der Waals surface area contributed by atoms with Crippen molar-refractivity contribution in [1.29, 1.82) is 0 Å². The summed E-state index contributed by atoms with van der Waals surface area (Å²) < 4.78 is 10.2. The van der Waals surface area contributed by atoms with Crippen molar-refractivity contribution in [1.82, 2.24) is 0 Å². The van der Waals surface area contributed by atoms with E-state index >= 15 is 0 Å². The molecule has 0 atom stereocenters. The van der Waals surface area contributed by atoms with Gasteiger partial charge in [-0.1, -0.05) is 23.7 Å². The average Bonchev–Trinajstić information content (AvgIpc) is 2.68. The number of hydrogen-bond donors (Lipinski definition) is 0. The van der Waals surface area contributed by atoms with Crippen LogP contribution in [0.4, 0.5) is 0 Å². The smallest absolute Gasteiger partial charge is 0.347 e. The fourth-order valence-electron chi connectivity index (χ4n) is 1.28. The molecule has 3 nitrogen and oxygen atoms in total. The summed E-state index contributed by atoms with van der Waals surface area (Å²) in [6.07, 6.45) is 1.44. The van der Waals surface area contributed by atoms with Gasteiger partial charge in [0.15, 0.2) is 0 Å². The first-order valence-electron chi connectivity index (χ1n) is 4.69. The quantitative estimate of drug-likeness (QED) is 0.592. The fourth-order valence-corrected chi connectivity index (χ4v) is 1.45. The number of carbonyl (C=O) groups excluding carboxylic acids is 1. The van der Waals surface area contributed by atoms with Crippen LogP contribution in [0.1, 0.15) is 16.1 Å². The van der Waals surface area contributed by atoms with Gasteiger partial charge in [-0.2, -0.15) is 0 Å². The van der Waals surface area contributed by atoms with E-state index in [1.54, 1.807) is 37.3 Å². The Morgan fingerprint density at radius 3 is 2.69 bits per heavy atom. The van der Waals surface area contributed by atoms with Crippen LogP contribution in [0.5, 0.6) is 5.75 Å². The van der Waals surface area contributed by atoms with E-state index in [0.29, 0.717) is 22.1 Å². The minimum Gasteiger partial charge on any atom is -0.469 e. The highest BCUT2D eigenvalue weighted by atomic mass is 35.5. The summed E-state index contributed by atoms with van der Waals surface area (Å²) in [6, 6.07) is 8.37. The van der Waals surface area contributed by atoms with Crippen LogP contribution in [0.3, 0.4) is 0 Å². The lowest BCUT2D eigenvalue weighted by molar-refractivity contribution is 0.0733. The number of hydrogen-bond acceptors (Lipinski definition) is 3. The van der Waals surface area contributed by atoms with Crippen LogP contribution in [-0.2, 0) is 0 Å². The van der Waals surface area contributed by atoms with Crippen LogP contribution >= 0.6 is 11.6 Å². The second kappa shape index (κ2) is 4.41. The van der Waals surface area contributed by atoms with E-state index in [9.17, 15) is 4.79 Å². The minimum atomic E-state index is -0.473. The van der Waals surface area contributed by atoms with Crippen LogP contribution in [0.2, 0.25) is 5.02 Å². The van der Waals surface area contributed by atoms with Crippen molar-refractivity contribution in [2.45, 2.75) is 6.92 Å². The Hall–Kier alpha value is -1.74. The third-order valence-electron chi connectivity index (χ3n) is 2.12. The summed E-state index contributed by atoms with van der Waals surface area (Å²) in [4.78, 5) is 11.7. The van der Waals surface area contributed by atoms with Gasteiger partial charge in [0.2, 0.25) is 0 Å². The van der Waals surface area contributed by atoms with Crippen LogP contribution in [0, 0.1) is 6.92 Å². The molecule has 4 heteroatoms. The lowest BCUT2D eigenvalue weighted by Crippen LogP contribution is -2.08. The Labute approximate surface area is 97.6 Å². The largest absolute Gasteiger partial charge is 0.469 e. The summed E-state index contributed by atoms with van der Waals surface area (Å²) in [6.45, 7) is 1.70. The summed E-state index contributed by atoms with van der Waals surface area (Å²) in [5.74, 6) is 0.395. The summed E-state index contributed by atoms with van der Waals surface area (Å²) >= 11 is 5.87. The van der Waals surface area contributed by atoms with E-state index in [2.05, 4.69) is 0 Å². The van der Waals surface area contributed by atoms with Gasteiger partial charge in [-0.3, -0.25) is 0 Å². The maximum Gasteiger partial charge on any atom is 0.347 e. The average molecular weight is 237 g/mol. The van der Waals surface area contributed by atoms with Crippen molar-refractivity contribution in [2.75, 3.05) is 0 Å². The highest BCUT2D eigenvalue weighted by molar-refractivity contribution is 6.32. The number of halogens is 1. The van der Waals surface area contributed by atoms with E-state index in [-0.39, 0.29) is 0 Å². The van der Waals surface area contributed by atoms with E-state index < -0.39 is 5.97 Å². The first-order valence-corrected chi connectivity index (χ1v) is 5.07. The molecule has 0 bridgehead atoms. The number of aryl methyl sites for hydroxylation is 1. The second-order valence-corrected chi connectivity index (χ2v) is 3.62. The molecule has 0 aliphatic rings. The topological polar surface area (TPSA) is 39.4 Å². The number of rotatable bonds is 2. The number of para-hydroxylation sites is 1. The van der Waals surface area contributed by atoms with E-state index in [1.807, 2.05) is 0 Å². The zero-order chi connectivity index (χ0) is 11.5. The molecule has 1 aromatic heterocycles. The van der Waals surface area contributed by atoms with E-state index in [0.717, 1.165) is 0 Å². The summed E-state index contributed by atoms with van der Waals surface area (Å²) in [5, 5.41) is 0.400. The molecule has 0 aliphatic heterocycles. The van der Waals surface area contributed by atoms with Crippen molar-refractivity contribution in [3.8, 4) is 5.75 Å². The first kappa shape index (κ1) is 10.8. The molecule has 0 saturated carbocycles. The lowest BCUT2D eigenvalue weighted by atomic mass is 10.2. The van der Waals surface area contributed by atoms with Crippen LogP contribution in [0.25, 0.3) is 0 Å².